The van der Waals surface area contributed by atoms with Crippen molar-refractivity contribution in [3.63, 3.8) is 0 Å². The summed E-state index contributed by atoms with van der Waals surface area (Å²) in [5, 5.41) is 9.05. The minimum absolute atomic E-state index is 0.106. The van der Waals surface area contributed by atoms with Gasteiger partial charge in [0.15, 0.2) is 5.84 Å². The van der Waals surface area contributed by atoms with Crippen molar-refractivity contribution in [3.05, 3.63) is 77.6 Å². The van der Waals surface area contributed by atoms with Crippen molar-refractivity contribution in [2.45, 2.75) is 0 Å². The molecule has 3 N–H and O–H groups in total. The van der Waals surface area contributed by atoms with Crippen LogP contribution in [0.2, 0.25) is 0 Å². The summed E-state index contributed by atoms with van der Waals surface area (Å²) < 4.78 is 13.0. The third kappa shape index (κ3) is 4.10. The van der Waals surface area contributed by atoms with E-state index in [1.54, 1.807) is 24.3 Å². The van der Waals surface area contributed by atoms with Gasteiger partial charge >= 0.3 is 5.97 Å². The van der Waals surface area contributed by atoms with Gasteiger partial charge in [0, 0.05) is 5.56 Å². The van der Waals surface area contributed by atoms with Crippen LogP contribution in [0.15, 0.2) is 65.1 Å². The first kappa shape index (κ1) is 16.1. The van der Waals surface area contributed by atoms with Crippen molar-refractivity contribution in [2.24, 2.45) is 15.7 Å². The predicted molar refractivity (Wildman–Crippen MR) is 88.1 cm³/mol. The number of rotatable bonds is 4. The van der Waals surface area contributed by atoms with Gasteiger partial charge in [0.05, 0.1) is 17.6 Å². The van der Waals surface area contributed by atoms with Crippen LogP contribution >= 0.6 is 0 Å². The number of hydrogen-bond donors (Lipinski definition) is 2. The molecule has 2 rings (SSSR count). The number of nitrogens with two attached hydrogens (primary N) is 1. The first-order valence-corrected chi connectivity index (χ1v) is 6.63. The number of nitrogens with zero attached hydrogens (tertiary/aromatic N) is 2. The summed E-state index contributed by atoms with van der Waals surface area (Å²) in [7, 11) is 0. The number of benzene rings is 2. The van der Waals surface area contributed by atoms with Crippen LogP contribution in [0, 0.1) is 5.82 Å². The molecule has 0 aliphatic rings. The molecular formula is C17H14FN3O2. The molecule has 0 radical (unpaired) electrons. The molecule has 6 heteroatoms. The summed E-state index contributed by atoms with van der Waals surface area (Å²) in [6.07, 6.45) is 1.06. The summed E-state index contributed by atoms with van der Waals surface area (Å²) in [5.41, 5.74) is 6.89. The lowest BCUT2D eigenvalue weighted by Gasteiger charge is -2.05. The second-order valence-electron chi connectivity index (χ2n) is 4.55. The summed E-state index contributed by atoms with van der Waals surface area (Å²) in [6.45, 7) is 3.82. The Morgan fingerprint density at radius 2 is 1.78 bits per heavy atom. The number of aliphatic imine (C=N–C) groups is 2. The van der Waals surface area contributed by atoms with Crippen molar-refractivity contribution in [2.75, 3.05) is 0 Å². The molecule has 0 aliphatic heterocycles. The van der Waals surface area contributed by atoms with Gasteiger partial charge in [-0.25, -0.2) is 19.2 Å². The van der Waals surface area contributed by atoms with Gasteiger partial charge in [-0.1, -0.05) is 18.7 Å². The van der Waals surface area contributed by atoms with E-state index in [0.717, 1.165) is 6.34 Å². The lowest BCUT2D eigenvalue weighted by Crippen LogP contribution is -2.04. The average molecular weight is 311 g/mol. The smallest absolute Gasteiger partial charge is 0.335 e. The SMILES string of the molecule is C=C(N=C(N=CN)c1cccc(C(=O)O)c1)c1ccc(F)cc1. The quantitative estimate of drug-likeness (QED) is 0.672. The van der Waals surface area contributed by atoms with E-state index >= 15 is 0 Å². The van der Waals surface area contributed by atoms with Gasteiger partial charge in [-0.15, -0.1) is 0 Å². The first-order chi connectivity index (χ1) is 11.0. The Bertz CT molecular complexity index is 796. The van der Waals surface area contributed by atoms with E-state index in [1.807, 2.05) is 0 Å². The van der Waals surface area contributed by atoms with E-state index in [9.17, 15) is 9.18 Å². The Morgan fingerprint density at radius 1 is 1.13 bits per heavy atom. The van der Waals surface area contributed by atoms with Gasteiger partial charge in [0.1, 0.15) is 5.82 Å². The normalized spacial score (nSPS) is 11.6. The molecule has 2 aromatic carbocycles. The maximum atomic E-state index is 13.0. The number of hydrogen-bond acceptors (Lipinski definition) is 2. The second kappa shape index (κ2) is 7.13. The van der Waals surface area contributed by atoms with Crippen molar-refractivity contribution in [1.29, 1.82) is 0 Å². The number of aromatic carboxylic acids is 1. The highest BCUT2D eigenvalue weighted by Crippen LogP contribution is 2.17. The molecule has 0 amide bonds. The maximum absolute atomic E-state index is 13.0. The summed E-state index contributed by atoms with van der Waals surface area (Å²) >= 11 is 0. The molecule has 0 atom stereocenters. The van der Waals surface area contributed by atoms with Gasteiger partial charge in [-0.2, -0.15) is 0 Å². The van der Waals surface area contributed by atoms with Crippen LogP contribution < -0.4 is 5.73 Å². The zero-order chi connectivity index (χ0) is 16.8. The monoisotopic (exact) mass is 311 g/mol. The summed E-state index contributed by atoms with van der Waals surface area (Å²) in [6, 6.07) is 11.8. The van der Waals surface area contributed by atoms with Crippen LogP contribution in [0.3, 0.4) is 0 Å². The van der Waals surface area contributed by atoms with E-state index in [0.29, 0.717) is 16.8 Å². The molecule has 0 bridgehead atoms. The zero-order valence-corrected chi connectivity index (χ0v) is 12.1. The Kier molecular flexibility index (Phi) is 4.99. The molecular weight excluding hydrogens is 297 g/mol. The van der Waals surface area contributed by atoms with E-state index in [-0.39, 0.29) is 17.2 Å². The fourth-order valence-corrected chi connectivity index (χ4v) is 1.86. The molecule has 116 valence electrons. The molecule has 0 unspecified atom stereocenters. The molecule has 0 heterocycles. The van der Waals surface area contributed by atoms with Crippen LogP contribution in [-0.4, -0.2) is 23.2 Å². The Hall–Kier alpha value is -3.28. The number of carboxylic acids is 1. The highest BCUT2D eigenvalue weighted by Gasteiger charge is 2.08. The molecule has 0 saturated heterocycles. The van der Waals surface area contributed by atoms with Gasteiger partial charge in [0.2, 0.25) is 0 Å². The number of carbonyl (C=O) groups is 1. The van der Waals surface area contributed by atoms with E-state index in [1.165, 1.54) is 24.3 Å². The fraction of sp³-hybridized carbons (Fsp3) is 0. The Morgan fingerprint density at radius 3 is 2.39 bits per heavy atom. The van der Waals surface area contributed by atoms with Crippen molar-refractivity contribution < 1.29 is 14.3 Å². The molecule has 0 spiro atoms. The molecule has 0 aromatic heterocycles. The number of carboxylic acid groups (broad SMARTS) is 1. The lowest BCUT2D eigenvalue weighted by atomic mass is 10.1. The minimum atomic E-state index is -1.06. The third-order valence-electron chi connectivity index (χ3n) is 2.98. The molecule has 0 saturated carbocycles. The third-order valence-corrected chi connectivity index (χ3v) is 2.98. The minimum Gasteiger partial charge on any atom is -0.478 e. The second-order valence-corrected chi connectivity index (χ2v) is 4.55. The number of amidine groups is 1. The largest absolute Gasteiger partial charge is 0.478 e. The predicted octanol–water partition coefficient (Wildman–Crippen LogP) is 2.93. The zero-order valence-electron chi connectivity index (χ0n) is 12.1. The molecule has 2 aromatic rings. The Labute approximate surface area is 132 Å². The van der Waals surface area contributed by atoms with Crippen LogP contribution in [0.4, 0.5) is 4.39 Å². The van der Waals surface area contributed by atoms with Crippen molar-refractivity contribution >= 4 is 23.8 Å². The van der Waals surface area contributed by atoms with Gasteiger partial charge < -0.3 is 10.8 Å². The maximum Gasteiger partial charge on any atom is 0.335 e. The molecule has 5 nitrogen and oxygen atoms in total. The highest BCUT2D eigenvalue weighted by atomic mass is 19.1. The highest BCUT2D eigenvalue weighted by molar-refractivity contribution is 6.06. The van der Waals surface area contributed by atoms with E-state index in [4.69, 9.17) is 10.8 Å². The van der Waals surface area contributed by atoms with Crippen molar-refractivity contribution in [3.8, 4) is 0 Å². The standard InChI is InChI=1S/C17H14FN3O2/c1-11(12-5-7-15(18)8-6-12)21-16(20-10-19)13-3-2-4-14(9-13)17(22)23/h2-10H,1H2,(H,22,23)(H2,19,20,21). The van der Waals surface area contributed by atoms with Crippen LogP contribution in [0.5, 0.6) is 0 Å². The fourth-order valence-electron chi connectivity index (χ4n) is 1.86. The van der Waals surface area contributed by atoms with Gasteiger partial charge in [-0.3, -0.25) is 0 Å². The molecule has 0 aliphatic carbocycles. The van der Waals surface area contributed by atoms with E-state index in [2.05, 4.69) is 16.6 Å². The van der Waals surface area contributed by atoms with E-state index < -0.39 is 5.97 Å². The average Bonchev–Trinajstić information content (AvgIpc) is 2.55. The van der Waals surface area contributed by atoms with Crippen LogP contribution in [0.1, 0.15) is 21.5 Å². The van der Waals surface area contributed by atoms with Gasteiger partial charge in [0.25, 0.3) is 0 Å². The Balaban J connectivity index is 2.41. The molecule has 23 heavy (non-hydrogen) atoms. The van der Waals surface area contributed by atoms with Gasteiger partial charge in [-0.05, 0) is 42.0 Å². The molecule has 0 fully saturated rings. The van der Waals surface area contributed by atoms with Crippen LogP contribution in [0.25, 0.3) is 5.70 Å². The lowest BCUT2D eigenvalue weighted by molar-refractivity contribution is 0.0697. The number of halogens is 1. The first-order valence-electron chi connectivity index (χ1n) is 6.63. The van der Waals surface area contributed by atoms with Crippen molar-refractivity contribution in [1.82, 2.24) is 0 Å². The summed E-state index contributed by atoms with van der Waals surface area (Å²) in [5.74, 6) is -1.20. The topological polar surface area (TPSA) is 88.0 Å². The summed E-state index contributed by atoms with van der Waals surface area (Å²) in [4.78, 5) is 19.3. The van der Waals surface area contributed by atoms with Crippen LogP contribution in [-0.2, 0) is 0 Å².